The summed E-state index contributed by atoms with van der Waals surface area (Å²) in [6.45, 7) is 5.87. The van der Waals surface area contributed by atoms with E-state index in [1.807, 2.05) is 27.0 Å². The van der Waals surface area contributed by atoms with Crippen LogP contribution in [0.15, 0.2) is 33.8 Å². The third kappa shape index (κ3) is 4.40. The molecular formula is C20H32N6O2S. The molecule has 2 heterocycles. The van der Waals surface area contributed by atoms with Crippen molar-refractivity contribution in [2.75, 3.05) is 7.05 Å². The lowest BCUT2D eigenvalue weighted by atomic mass is 9.96. The van der Waals surface area contributed by atoms with Crippen LogP contribution >= 0.6 is 0 Å². The van der Waals surface area contributed by atoms with E-state index in [1.165, 1.54) is 36.1 Å². The van der Waals surface area contributed by atoms with Gasteiger partial charge in [-0.05, 0) is 70.4 Å². The fraction of sp³-hybridized carbons (Fsp3) is 0.600. The lowest BCUT2D eigenvalue weighted by Gasteiger charge is -2.36. The minimum atomic E-state index is -1.47. The zero-order valence-corrected chi connectivity index (χ0v) is 18.5. The van der Waals surface area contributed by atoms with Crippen molar-refractivity contribution in [2.24, 2.45) is 10.9 Å². The van der Waals surface area contributed by atoms with Gasteiger partial charge in [0.15, 0.2) is 5.03 Å². The van der Waals surface area contributed by atoms with Gasteiger partial charge < -0.3 is 16.0 Å². The highest BCUT2D eigenvalue weighted by Gasteiger charge is 2.37. The second-order valence-electron chi connectivity index (χ2n) is 8.18. The SMILES string of the molecule is CN1C2=C(CCC2)C(NC(N)=O)=C2CCCC21.Cc1cn(C(C)C)nc1S(N)=O. The molecule has 0 spiro atoms. The number of likely N-dealkylation sites (N-methyl/N-ethyl adjacent to an activating group) is 1. The van der Waals surface area contributed by atoms with Gasteiger partial charge in [-0.25, -0.2) is 14.1 Å². The molecule has 1 aromatic rings. The average Bonchev–Trinajstić information content (AvgIpc) is 3.37. The van der Waals surface area contributed by atoms with Crippen molar-refractivity contribution < 1.29 is 9.00 Å². The van der Waals surface area contributed by atoms with Crippen molar-refractivity contribution >= 4 is 17.0 Å². The van der Waals surface area contributed by atoms with Gasteiger partial charge in [-0.15, -0.1) is 0 Å². The number of nitrogens with zero attached hydrogens (tertiary/aromatic N) is 3. The minimum Gasteiger partial charge on any atom is -0.371 e. The number of hydrogen-bond acceptors (Lipinski definition) is 4. The third-order valence-electron chi connectivity index (χ3n) is 5.87. The Hall–Kier alpha value is -2.13. The van der Waals surface area contributed by atoms with Gasteiger partial charge in [0.1, 0.15) is 11.0 Å². The molecule has 1 fully saturated rings. The number of hydrogen-bond donors (Lipinski definition) is 3. The van der Waals surface area contributed by atoms with Gasteiger partial charge in [0.05, 0.1) is 6.04 Å². The number of carbonyl (C=O) groups is 1. The standard InChI is InChI=1S/C13H19N3O.C7H13N3OS/c1-16-10-6-2-4-8(10)12(15-13(14)17)9-5-3-7-11(9)16;1-5(2)10-4-6(3)7(9-10)12(8)11/h10H,2-7H2,1H3,(H3,14,15,17);4-5H,8H2,1-3H3. The molecule has 1 aliphatic heterocycles. The van der Waals surface area contributed by atoms with E-state index in [2.05, 4.69) is 22.4 Å². The van der Waals surface area contributed by atoms with Crippen molar-refractivity contribution in [3.8, 4) is 0 Å². The van der Waals surface area contributed by atoms with E-state index in [1.54, 1.807) is 4.68 Å². The zero-order chi connectivity index (χ0) is 21.3. The summed E-state index contributed by atoms with van der Waals surface area (Å²) in [7, 11) is 0.724. The van der Waals surface area contributed by atoms with Gasteiger partial charge in [0, 0.05) is 36.2 Å². The minimum absolute atomic E-state index is 0.279. The van der Waals surface area contributed by atoms with Crippen molar-refractivity contribution in [1.82, 2.24) is 20.0 Å². The molecule has 1 saturated carbocycles. The topological polar surface area (TPSA) is 119 Å². The average molecular weight is 421 g/mol. The summed E-state index contributed by atoms with van der Waals surface area (Å²) in [5.74, 6) is 0. The number of nitrogens with one attached hydrogen (secondary N) is 1. The fourth-order valence-electron chi connectivity index (χ4n) is 4.52. The molecule has 0 radical (unpaired) electrons. The van der Waals surface area contributed by atoms with E-state index in [0.29, 0.717) is 11.1 Å². The Labute approximate surface area is 175 Å². The number of carbonyl (C=O) groups excluding carboxylic acids is 1. The van der Waals surface area contributed by atoms with Gasteiger partial charge in [-0.2, -0.15) is 5.10 Å². The monoisotopic (exact) mass is 420 g/mol. The van der Waals surface area contributed by atoms with Gasteiger partial charge in [0.2, 0.25) is 0 Å². The van der Waals surface area contributed by atoms with Crippen LogP contribution < -0.4 is 16.2 Å². The van der Waals surface area contributed by atoms with Crippen molar-refractivity contribution in [1.29, 1.82) is 0 Å². The molecule has 2 aliphatic carbocycles. The maximum Gasteiger partial charge on any atom is 0.316 e. The number of nitrogens with two attached hydrogens (primary N) is 2. The molecule has 160 valence electrons. The summed E-state index contributed by atoms with van der Waals surface area (Å²) in [5, 5.41) is 12.7. The van der Waals surface area contributed by atoms with Crippen LogP contribution in [-0.4, -0.2) is 38.0 Å². The largest absolute Gasteiger partial charge is 0.371 e. The van der Waals surface area contributed by atoms with E-state index in [9.17, 15) is 9.00 Å². The molecule has 3 aliphatic rings. The van der Waals surface area contributed by atoms with E-state index >= 15 is 0 Å². The predicted octanol–water partition coefficient (Wildman–Crippen LogP) is 2.60. The molecule has 29 heavy (non-hydrogen) atoms. The number of amides is 2. The highest BCUT2D eigenvalue weighted by molar-refractivity contribution is 7.82. The number of fused-ring (bicyclic) bond motifs is 1. The van der Waals surface area contributed by atoms with Gasteiger partial charge >= 0.3 is 6.03 Å². The number of allylic oxidation sites excluding steroid dienone is 2. The van der Waals surface area contributed by atoms with Gasteiger partial charge in [-0.3, -0.25) is 4.68 Å². The predicted molar refractivity (Wildman–Crippen MR) is 114 cm³/mol. The Morgan fingerprint density at radius 1 is 1.31 bits per heavy atom. The lowest BCUT2D eigenvalue weighted by Crippen LogP contribution is -2.39. The number of aryl methyl sites for hydroxylation is 1. The summed E-state index contributed by atoms with van der Waals surface area (Å²) in [6, 6.07) is 0.344. The first kappa shape index (κ1) is 21.6. The van der Waals surface area contributed by atoms with Crippen LogP contribution in [0.3, 0.4) is 0 Å². The molecule has 0 aromatic carbocycles. The van der Waals surface area contributed by atoms with E-state index in [4.69, 9.17) is 10.9 Å². The first-order valence-corrected chi connectivity index (χ1v) is 11.4. The van der Waals surface area contributed by atoms with Gasteiger partial charge in [0.25, 0.3) is 0 Å². The molecule has 2 unspecified atom stereocenters. The molecule has 9 heteroatoms. The molecule has 8 nitrogen and oxygen atoms in total. The van der Waals surface area contributed by atoms with E-state index in [0.717, 1.165) is 30.5 Å². The van der Waals surface area contributed by atoms with Crippen molar-refractivity contribution in [3.05, 3.63) is 34.3 Å². The number of rotatable bonds is 3. The molecule has 1 aromatic heterocycles. The normalized spacial score (nSPS) is 21.7. The Kier molecular flexibility index (Phi) is 6.48. The molecule has 4 rings (SSSR count). The molecule has 0 saturated heterocycles. The number of aromatic nitrogens is 2. The van der Waals surface area contributed by atoms with Crippen molar-refractivity contribution in [2.45, 2.75) is 76.4 Å². The molecule has 2 amide bonds. The second-order valence-corrected chi connectivity index (χ2v) is 9.16. The summed E-state index contributed by atoms with van der Waals surface area (Å²) in [6.07, 6.45) is 8.78. The van der Waals surface area contributed by atoms with Gasteiger partial charge in [-0.1, -0.05) is 0 Å². The summed E-state index contributed by atoms with van der Waals surface area (Å²) in [5.41, 5.74) is 11.4. The van der Waals surface area contributed by atoms with Crippen LogP contribution in [0.2, 0.25) is 0 Å². The molecule has 0 bridgehead atoms. The van der Waals surface area contributed by atoms with E-state index in [-0.39, 0.29) is 6.04 Å². The van der Waals surface area contributed by atoms with Crippen molar-refractivity contribution in [3.63, 3.8) is 0 Å². The molecule has 2 atom stereocenters. The Bertz CT molecular complexity index is 886. The third-order valence-corrected chi connectivity index (χ3v) is 6.65. The molecular weight excluding hydrogens is 388 g/mol. The Balaban J connectivity index is 0.000000177. The summed E-state index contributed by atoms with van der Waals surface area (Å²) in [4.78, 5) is 13.6. The highest BCUT2D eigenvalue weighted by atomic mass is 32.2. The lowest BCUT2D eigenvalue weighted by molar-refractivity contribution is 0.250. The molecule has 5 N–H and O–H groups in total. The number of primary amides is 1. The quantitative estimate of drug-likeness (QED) is 0.696. The van der Waals surface area contributed by atoms with Crippen LogP contribution in [0, 0.1) is 6.92 Å². The maximum absolute atomic E-state index is 11.2. The maximum atomic E-state index is 11.2. The van der Waals surface area contributed by atoms with Crippen LogP contribution in [0.25, 0.3) is 0 Å². The van der Waals surface area contributed by atoms with Crippen LogP contribution in [0.5, 0.6) is 0 Å². The zero-order valence-electron chi connectivity index (χ0n) is 17.7. The summed E-state index contributed by atoms with van der Waals surface area (Å²) >= 11 is 0. The second kappa shape index (κ2) is 8.71. The van der Waals surface area contributed by atoms with Crippen LogP contribution in [0.1, 0.15) is 64.0 Å². The Morgan fingerprint density at radius 3 is 2.59 bits per heavy atom. The smallest absolute Gasteiger partial charge is 0.316 e. The van der Waals surface area contributed by atoms with E-state index < -0.39 is 17.0 Å². The summed E-state index contributed by atoms with van der Waals surface area (Å²) < 4.78 is 12.7. The fourth-order valence-corrected chi connectivity index (χ4v) is 5.07. The highest BCUT2D eigenvalue weighted by Crippen LogP contribution is 2.44. The Morgan fingerprint density at radius 2 is 2.03 bits per heavy atom. The van der Waals surface area contributed by atoms with Crippen LogP contribution in [-0.2, 0) is 11.0 Å². The first-order valence-electron chi connectivity index (χ1n) is 10.2. The first-order chi connectivity index (χ1) is 13.7. The van der Waals surface area contributed by atoms with Crippen LogP contribution in [0.4, 0.5) is 4.79 Å². The number of urea groups is 1.